The first-order valence-corrected chi connectivity index (χ1v) is 6.65. The first-order chi connectivity index (χ1) is 7.70. The van der Waals surface area contributed by atoms with Gasteiger partial charge >= 0.3 is 0 Å². The van der Waals surface area contributed by atoms with Crippen molar-refractivity contribution >= 4 is 21.6 Å². The van der Waals surface area contributed by atoms with Crippen molar-refractivity contribution in [2.75, 3.05) is 31.6 Å². The molecular weight excluding hydrogens is 264 g/mol. The van der Waals surface area contributed by atoms with Crippen LogP contribution in [0.2, 0.25) is 0 Å². The molecule has 0 bridgehead atoms. The highest BCUT2D eigenvalue weighted by molar-refractivity contribution is 9.10. The Balaban J connectivity index is 2.05. The van der Waals surface area contributed by atoms with E-state index >= 15 is 0 Å². The summed E-state index contributed by atoms with van der Waals surface area (Å²) >= 11 is 3.55. The van der Waals surface area contributed by atoms with Crippen LogP contribution in [0.4, 0.5) is 5.69 Å². The van der Waals surface area contributed by atoms with Crippen LogP contribution in [-0.4, -0.2) is 26.7 Å². The molecule has 0 saturated carbocycles. The van der Waals surface area contributed by atoms with Gasteiger partial charge in [-0.15, -0.1) is 0 Å². The average Bonchev–Trinajstić information content (AvgIpc) is 2.71. The number of nitrogens with one attached hydrogen (secondary N) is 1. The zero-order valence-corrected chi connectivity index (χ0v) is 11.5. The van der Waals surface area contributed by atoms with Gasteiger partial charge in [0.2, 0.25) is 0 Å². The number of rotatable bonds is 3. The van der Waals surface area contributed by atoms with Gasteiger partial charge in [0.25, 0.3) is 0 Å². The lowest BCUT2D eigenvalue weighted by Gasteiger charge is -2.19. The van der Waals surface area contributed by atoms with E-state index in [0.717, 1.165) is 12.5 Å². The molecular formula is C13H19BrN2. The Hall–Kier alpha value is -0.540. The summed E-state index contributed by atoms with van der Waals surface area (Å²) in [4.78, 5) is 2.49. The number of nitrogens with zero attached hydrogens (tertiary/aromatic N) is 1. The summed E-state index contributed by atoms with van der Waals surface area (Å²) in [6.07, 6.45) is 1.30. The van der Waals surface area contributed by atoms with Crippen molar-refractivity contribution in [2.24, 2.45) is 5.92 Å². The van der Waals surface area contributed by atoms with Gasteiger partial charge in [0, 0.05) is 23.2 Å². The summed E-state index contributed by atoms with van der Waals surface area (Å²) in [5, 5.41) is 3.27. The molecule has 1 unspecified atom stereocenters. The Morgan fingerprint density at radius 3 is 3.00 bits per heavy atom. The standard InChI is InChI=1S/C13H19BrN2/c1-10-7-12(3-4-13(10)14)16-6-5-11(9-16)8-15-2/h3-4,7,11,15H,5-6,8-9H2,1-2H3. The maximum atomic E-state index is 3.55. The summed E-state index contributed by atoms with van der Waals surface area (Å²) < 4.78 is 1.20. The van der Waals surface area contributed by atoms with Gasteiger partial charge in [-0.05, 0) is 56.6 Å². The molecule has 3 heteroatoms. The molecule has 0 amide bonds. The Morgan fingerprint density at radius 2 is 2.31 bits per heavy atom. The van der Waals surface area contributed by atoms with Gasteiger partial charge in [-0.1, -0.05) is 15.9 Å². The molecule has 1 heterocycles. The Bertz CT molecular complexity index is 365. The van der Waals surface area contributed by atoms with E-state index in [4.69, 9.17) is 0 Å². The summed E-state index contributed by atoms with van der Waals surface area (Å²) in [5.74, 6) is 0.800. The fourth-order valence-electron chi connectivity index (χ4n) is 2.35. The molecule has 2 nitrogen and oxygen atoms in total. The van der Waals surface area contributed by atoms with Gasteiger partial charge in [-0.2, -0.15) is 0 Å². The molecule has 1 aliphatic rings. The van der Waals surface area contributed by atoms with E-state index in [0.29, 0.717) is 0 Å². The third-order valence-corrected chi connectivity index (χ3v) is 4.18. The smallest absolute Gasteiger partial charge is 0.0369 e. The first kappa shape index (κ1) is 11.9. The maximum Gasteiger partial charge on any atom is 0.0369 e. The van der Waals surface area contributed by atoms with Crippen molar-refractivity contribution < 1.29 is 0 Å². The summed E-state index contributed by atoms with van der Waals surface area (Å²) in [5.41, 5.74) is 2.67. The second kappa shape index (κ2) is 5.19. The molecule has 0 radical (unpaired) electrons. The quantitative estimate of drug-likeness (QED) is 0.917. The predicted molar refractivity (Wildman–Crippen MR) is 73.1 cm³/mol. The van der Waals surface area contributed by atoms with Crippen LogP contribution >= 0.6 is 15.9 Å². The fourth-order valence-corrected chi connectivity index (χ4v) is 2.59. The molecule has 2 rings (SSSR count). The second-order valence-corrected chi connectivity index (χ2v) is 5.45. The van der Waals surface area contributed by atoms with Crippen molar-refractivity contribution in [1.29, 1.82) is 0 Å². The van der Waals surface area contributed by atoms with Crippen molar-refractivity contribution in [2.45, 2.75) is 13.3 Å². The molecule has 0 aliphatic carbocycles. The fraction of sp³-hybridized carbons (Fsp3) is 0.538. The lowest BCUT2D eigenvalue weighted by Crippen LogP contribution is -2.24. The van der Waals surface area contributed by atoms with Crippen LogP contribution in [0.1, 0.15) is 12.0 Å². The maximum absolute atomic E-state index is 3.55. The van der Waals surface area contributed by atoms with E-state index in [1.165, 1.54) is 35.2 Å². The van der Waals surface area contributed by atoms with Crippen molar-refractivity contribution in [1.82, 2.24) is 5.32 Å². The Morgan fingerprint density at radius 1 is 1.50 bits per heavy atom. The van der Waals surface area contributed by atoms with Crippen LogP contribution in [-0.2, 0) is 0 Å². The van der Waals surface area contributed by atoms with E-state index in [-0.39, 0.29) is 0 Å². The molecule has 16 heavy (non-hydrogen) atoms. The van der Waals surface area contributed by atoms with E-state index in [2.05, 4.69) is 51.3 Å². The third kappa shape index (κ3) is 2.58. The molecule has 1 N–H and O–H groups in total. The van der Waals surface area contributed by atoms with Crippen molar-refractivity contribution in [3.8, 4) is 0 Å². The normalized spacial score (nSPS) is 20.4. The highest BCUT2D eigenvalue weighted by Gasteiger charge is 2.21. The molecule has 1 atom stereocenters. The molecule has 1 aromatic rings. The van der Waals surface area contributed by atoms with Gasteiger partial charge in [0.15, 0.2) is 0 Å². The van der Waals surface area contributed by atoms with Crippen molar-refractivity contribution in [3.63, 3.8) is 0 Å². The van der Waals surface area contributed by atoms with Gasteiger partial charge in [-0.25, -0.2) is 0 Å². The zero-order chi connectivity index (χ0) is 11.5. The number of aryl methyl sites for hydroxylation is 1. The molecule has 0 aromatic heterocycles. The van der Waals surface area contributed by atoms with E-state index in [1.807, 2.05) is 7.05 Å². The SMILES string of the molecule is CNCC1CCN(c2ccc(Br)c(C)c2)C1. The summed E-state index contributed by atoms with van der Waals surface area (Å²) in [7, 11) is 2.03. The lowest BCUT2D eigenvalue weighted by molar-refractivity contribution is 0.549. The van der Waals surface area contributed by atoms with Gasteiger partial charge < -0.3 is 10.2 Å². The van der Waals surface area contributed by atoms with Gasteiger partial charge in [0.05, 0.1) is 0 Å². The van der Waals surface area contributed by atoms with Crippen LogP contribution in [0.15, 0.2) is 22.7 Å². The zero-order valence-electron chi connectivity index (χ0n) is 9.96. The van der Waals surface area contributed by atoms with E-state index < -0.39 is 0 Å². The first-order valence-electron chi connectivity index (χ1n) is 5.86. The van der Waals surface area contributed by atoms with Crippen LogP contribution < -0.4 is 10.2 Å². The minimum atomic E-state index is 0.800. The van der Waals surface area contributed by atoms with Crippen LogP contribution in [0.25, 0.3) is 0 Å². The predicted octanol–water partition coefficient (Wildman–Crippen LogP) is 2.80. The van der Waals surface area contributed by atoms with Gasteiger partial charge in [-0.3, -0.25) is 0 Å². The highest BCUT2D eigenvalue weighted by Crippen LogP contribution is 2.27. The van der Waals surface area contributed by atoms with Gasteiger partial charge in [0.1, 0.15) is 0 Å². The van der Waals surface area contributed by atoms with E-state index in [1.54, 1.807) is 0 Å². The third-order valence-electron chi connectivity index (χ3n) is 3.29. The van der Waals surface area contributed by atoms with Crippen molar-refractivity contribution in [3.05, 3.63) is 28.2 Å². The molecule has 1 saturated heterocycles. The molecule has 1 fully saturated rings. The topological polar surface area (TPSA) is 15.3 Å². The molecule has 1 aromatic carbocycles. The number of halogens is 1. The van der Waals surface area contributed by atoms with E-state index in [9.17, 15) is 0 Å². The molecule has 1 aliphatic heterocycles. The highest BCUT2D eigenvalue weighted by atomic mass is 79.9. The van der Waals surface area contributed by atoms with Crippen LogP contribution in [0, 0.1) is 12.8 Å². The Labute approximate surface area is 106 Å². The summed E-state index contributed by atoms with van der Waals surface area (Å²) in [6.45, 7) is 5.65. The number of benzene rings is 1. The second-order valence-electron chi connectivity index (χ2n) is 4.59. The number of hydrogen-bond donors (Lipinski definition) is 1. The average molecular weight is 283 g/mol. The monoisotopic (exact) mass is 282 g/mol. The number of hydrogen-bond acceptors (Lipinski definition) is 2. The Kier molecular flexibility index (Phi) is 3.87. The lowest BCUT2D eigenvalue weighted by atomic mass is 10.1. The molecule has 0 spiro atoms. The minimum Gasteiger partial charge on any atom is -0.371 e. The van der Waals surface area contributed by atoms with Crippen LogP contribution in [0.3, 0.4) is 0 Å². The molecule has 88 valence electrons. The largest absolute Gasteiger partial charge is 0.371 e. The number of anilines is 1. The minimum absolute atomic E-state index is 0.800. The van der Waals surface area contributed by atoms with Crippen LogP contribution in [0.5, 0.6) is 0 Å². The summed E-state index contributed by atoms with van der Waals surface area (Å²) in [6, 6.07) is 6.63.